The normalized spacial score (nSPS) is 16.2. The third-order valence-electron chi connectivity index (χ3n) is 13.1. The zero-order valence-corrected chi connectivity index (χ0v) is 42.7. The molecule has 8 bridgehead atoms. The Morgan fingerprint density at radius 2 is 1.17 bits per heavy atom. The highest BCUT2D eigenvalue weighted by atomic mass is 16.6. The summed E-state index contributed by atoms with van der Waals surface area (Å²) < 4.78 is 53.6. The van der Waals surface area contributed by atoms with Crippen LogP contribution < -0.4 is 0 Å². The van der Waals surface area contributed by atoms with Crippen molar-refractivity contribution in [2.75, 3.05) is 108 Å². The molecular weight excluding hydrogens is 929 g/mol. The fourth-order valence-corrected chi connectivity index (χ4v) is 9.08. The molecule has 72 heavy (non-hydrogen) atoms. The van der Waals surface area contributed by atoms with Crippen molar-refractivity contribution >= 4 is 68.7 Å². The van der Waals surface area contributed by atoms with E-state index < -0.39 is 29.2 Å². The highest BCUT2D eigenvalue weighted by molar-refractivity contribution is 6.02. The molecule has 388 valence electrons. The molecule has 18 heteroatoms. The van der Waals surface area contributed by atoms with E-state index in [2.05, 4.69) is 16.5 Å². The molecule has 3 aromatic heterocycles. The number of carbonyl (C=O) groups excluding carboxylic acids is 4. The Morgan fingerprint density at radius 3 is 1.75 bits per heavy atom. The first-order valence-electron chi connectivity index (χ1n) is 24.1. The van der Waals surface area contributed by atoms with Gasteiger partial charge >= 0.3 is 23.9 Å². The van der Waals surface area contributed by atoms with Crippen molar-refractivity contribution in [1.82, 2.24) is 19.9 Å². The number of aromatic nitrogens is 4. The molecule has 0 aromatic carbocycles. The number of nitrogens with one attached hydrogen (secondary N) is 2. The Morgan fingerprint density at radius 1 is 0.625 bits per heavy atom. The Balaban J connectivity index is 1.43. The topological polar surface area (TPSA) is 218 Å². The van der Waals surface area contributed by atoms with E-state index in [1.54, 1.807) is 32.4 Å². The predicted molar refractivity (Wildman–Crippen MR) is 270 cm³/mol. The molecule has 2 aliphatic heterocycles. The van der Waals surface area contributed by atoms with Gasteiger partial charge in [-0.1, -0.05) is 24.8 Å². The number of hydrogen-bond acceptors (Lipinski definition) is 16. The van der Waals surface area contributed by atoms with Crippen molar-refractivity contribution < 1.29 is 66.5 Å². The van der Waals surface area contributed by atoms with Crippen molar-refractivity contribution in [2.24, 2.45) is 5.92 Å². The number of fused-ring (bicyclic) bond motifs is 11. The van der Waals surface area contributed by atoms with E-state index in [1.807, 2.05) is 52.0 Å². The molecule has 2 N–H and O–H groups in total. The number of ether oxygens (including phenoxy) is 10. The largest absolute Gasteiger partial charge is 0.469 e. The Bertz CT molecular complexity index is 2730. The van der Waals surface area contributed by atoms with E-state index in [0.29, 0.717) is 98.7 Å². The van der Waals surface area contributed by atoms with Crippen molar-refractivity contribution in [3.05, 3.63) is 93.6 Å². The molecule has 5 heterocycles. The Hall–Kier alpha value is -6.28. The summed E-state index contributed by atoms with van der Waals surface area (Å²) in [6.45, 7) is 15.9. The molecule has 1 aliphatic carbocycles. The summed E-state index contributed by atoms with van der Waals surface area (Å²) in [5.41, 5.74) is 9.81. The molecular formula is C54H68N4O14. The molecule has 0 saturated heterocycles. The highest BCUT2D eigenvalue weighted by Gasteiger charge is 2.53. The number of nitrogens with zero attached hydrogens (tertiary/aromatic N) is 2. The maximum absolute atomic E-state index is 13.9. The van der Waals surface area contributed by atoms with Gasteiger partial charge in [0.1, 0.15) is 19.1 Å². The van der Waals surface area contributed by atoms with Gasteiger partial charge < -0.3 is 57.3 Å². The van der Waals surface area contributed by atoms with Crippen LogP contribution in [0.3, 0.4) is 0 Å². The van der Waals surface area contributed by atoms with E-state index in [9.17, 15) is 19.2 Å². The highest BCUT2D eigenvalue weighted by Crippen LogP contribution is 2.52. The lowest BCUT2D eigenvalue weighted by atomic mass is 9.64. The molecule has 18 nitrogen and oxygen atoms in total. The number of esters is 4. The van der Waals surface area contributed by atoms with Gasteiger partial charge in [0, 0.05) is 54.7 Å². The van der Waals surface area contributed by atoms with Crippen LogP contribution in [0.1, 0.15) is 78.1 Å². The van der Waals surface area contributed by atoms with Crippen LogP contribution in [0.15, 0.2) is 48.6 Å². The molecule has 1 unspecified atom stereocenters. The molecule has 3 aliphatic rings. The number of H-pyrrole nitrogens is 2. The standard InChI is InChI=1S/C54H68N4O14/c1-10-36-33(2)42-30-47-40-14-11-39(52(61)65-8)51(53(62)66-9)54(40,5)48(58-47)32-43-35(4)38(13-16-50(60)72-28-26-70-24-22-68-20-18-64-7)46(57-43)31-45-37(34(3)41(56-45)29-44(36)55-42)12-15-49(59)71-27-25-69-23-21-67-19-17-63-6/h10-11,14,29-32,51,55,57H,1,12-13,15-28H2,2-9H3/t51?,54-/m1/s1. The molecule has 0 radical (unpaired) electrons. The first-order valence-corrected chi connectivity index (χ1v) is 24.1. The molecule has 0 fully saturated rings. The fraction of sp³-hybridized carbons (Fsp3) is 0.481. The smallest absolute Gasteiger partial charge is 0.334 e. The maximum atomic E-state index is 13.9. The minimum absolute atomic E-state index is 0.0452. The van der Waals surface area contributed by atoms with Gasteiger partial charge in [0.25, 0.3) is 0 Å². The van der Waals surface area contributed by atoms with Crippen molar-refractivity contribution in [2.45, 2.75) is 58.8 Å². The van der Waals surface area contributed by atoms with E-state index in [-0.39, 0.29) is 57.2 Å². The molecule has 0 saturated carbocycles. The van der Waals surface area contributed by atoms with Crippen molar-refractivity contribution in [3.63, 3.8) is 0 Å². The van der Waals surface area contributed by atoms with Gasteiger partial charge in [0.15, 0.2) is 0 Å². The lowest BCUT2D eigenvalue weighted by Crippen LogP contribution is -2.42. The van der Waals surface area contributed by atoms with Crippen molar-refractivity contribution in [1.29, 1.82) is 0 Å². The number of aromatic amines is 2. The molecule has 0 spiro atoms. The van der Waals surface area contributed by atoms with Gasteiger partial charge in [0.2, 0.25) is 0 Å². The molecule has 0 amide bonds. The van der Waals surface area contributed by atoms with E-state index in [1.165, 1.54) is 14.2 Å². The van der Waals surface area contributed by atoms with Gasteiger partial charge in [-0.15, -0.1) is 0 Å². The van der Waals surface area contributed by atoms with E-state index >= 15 is 0 Å². The monoisotopic (exact) mass is 996 g/mol. The van der Waals surface area contributed by atoms with Crippen LogP contribution in [0.5, 0.6) is 0 Å². The summed E-state index contributed by atoms with van der Waals surface area (Å²) in [6, 6.07) is 7.69. The van der Waals surface area contributed by atoms with Gasteiger partial charge in [-0.2, -0.15) is 0 Å². The summed E-state index contributed by atoms with van der Waals surface area (Å²) in [6.07, 6.45) is 5.91. The average molecular weight is 997 g/mol. The first kappa shape index (κ1) is 55.0. The summed E-state index contributed by atoms with van der Waals surface area (Å²) >= 11 is 0. The first-order chi connectivity index (χ1) is 34.8. The summed E-state index contributed by atoms with van der Waals surface area (Å²) in [5, 5.41) is 0. The predicted octanol–water partition coefficient (Wildman–Crippen LogP) is 6.91. The zero-order chi connectivity index (χ0) is 51.8. The van der Waals surface area contributed by atoms with Crippen LogP contribution in [0.2, 0.25) is 0 Å². The summed E-state index contributed by atoms with van der Waals surface area (Å²) in [5.74, 6) is -3.23. The van der Waals surface area contributed by atoms with E-state index in [0.717, 1.165) is 44.4 Å². The molecule has 2 atom stereocenters. The number of carbonyl (C=O) groups is 4. The second-order valence-electron chi connectivity index (χ2n) is 17.4. The minimum atomic E-state index is -1.21. The third kappa shape index (κ3) is 13.0. The van der Waals surface area contributed by atoms with Gasteiger partial charge in [0.05, 0.1) is 114 Å². The SMILES string of the molecule is C=Cc1c(C)c2cc3nc(cc4[nH]c(cc5nc(cc1[nH]2)C(C)=C5CCC(=O)OCCOCCOCCOC)c(CCC(=O)OCCOCCOCCOC)c4C)[C@@]1(C)C3=CC=C(C(=O)OC)C1C(=O)OC. The van der Waals surface area contributed by atoms with Gasteiger partial charge in [-0.25, -0.2) is 9.78 Å². The van der Waals surface area contributed by atoms with Crippen LogP contribution in [0.25, 0.3) is 44.9 Å². The van der Waals surface area contributed by atoms with Crippen LogP contribution in [0, 0.1) is 19.8 Å². The quantitative estimate of drug-likeness (QED) is 0.0451. The van der Waals surface area contributed by atoms with Gasteiger partial charge in [-0.3, -0.25) is 19.4 Å². The Labute approximate surface area is 420 Å². The Kier molecular flexibility index (Phi) is 20.2. The van der Waals surface area contributed by atoms with Gasteiger partial charge in [-0.05, 0) is 98.2 Å². The molecule has 6 rings (SSSR count). The van der Waals surface area contributed by atoms with Crippen LogP contribution in [-0.4, -0.2) is 152 Å². The lowest BCUT2D eigenvalue weighted by molar-refractivity contribution is -0.149. The van der Waals surface area contributed by atoms with Crippen LogP contribution >= 0.6 is 0 Å². The van der Waals surface area contributed by atoms with Crippen LogP contribution in [-0.2, 0) is 78.4 Å². The fourth-order valence-electron chi connectivity index (χ4n) is 9.08. The second-order valence-corrected chi connectivity index (χ2v) is 17.4. The molecule has 3 aromatic rings. The van der Waals surface area contributed by atoms with Crippen molar-refractivity contribution in [3.8, 4) is 0 Å². The second kappa shape index (κ2) is 26.4. The summed E-state index contributed by atoms with van der Waals surface area (Å²) in [4.78, 5) is 71.4. The number of hydrogen-bond donors (Lipinski definition) is 2. The average Bonchev–Trinajstić information content (AvgIpc) is 4.03. The van der Waals surface area contributed by atoms with E-state index in [4.69, 9.17) is 57.3 Å². The number of methoxy groups -OCH3 is 4. The number of allylic oxidation sites excluding steroid dienone is 5. The minimum Gasteiger partial charge on any atom is -0.469 e. The number of rotatable bonds is 27. The van der Waals surface area contributed by atoms with Crippen LogP contribution in [0.4, 0.5) is 0 Å². The lowest BCUT2D eigenvalue weighted by Gasteiger charge is -2.36. The number of aryl methyl sites for hydroxylation is 3. The maximum Gasteiger partial charge on any atom is 0.334 e. The zero-order valence-electron chi connectivity index (χ0n) is 42.7. The summed E-state index contributed by atoms with van der Waals surface area (Å²) in [7, 11) is 5.77. The third-order valence-corrected chi connectivity index (χ3v) is 13.1.